The van der Waals surface area contributed by atoms with E-state index in [2.05, 4.69) is 17.6 Å². The minimum Gasteiger partial charge on any atom is -0.352 e. The van der Waals surface area contributed by atoms with Gasteiger partial charge in [0.25, 0.3) is 11.8 Å². The van der Waals surface area contributed by atoms with Crippen molar-refractivity contribution in [3.05, 3.63) is 65.2 Å². The maximum atomic E-state index is 12.2. The van der Waals surface area contributed by atoms with Crippen LogP contribution in [0.4, 0.5) is 5.69 Å². The molecule has 24 heavy (non-hydrogen) atoms. The first-order valence-electron chi connectivity index (χ1n) is 7.84. The molecule has 5 nitrogen and oxygen atoms in total. The number of nitriles is 1. The summed E-state index contributed by atoms with van der Waals surface area (Å²) in [6.45, 7) is 2.71. The van der Waals surface area contributed by atoms with E-state index in [0.29, 0.717) is 28.9 Å². The molecule has 5 heteroatoms. The van der Waals surface area contributed by atoms with E-state index in [-0.39, 0.29) is 11.8 Å². The molecule has 2 rings (SSSR count). The van der Waals surface area contributed by atoms with Gasteiger partial charge in [-0.3, -0.25) is 9.59 Å². The van der Waals surface area contributed by atoms with Crippen LogP contribution in [-0.2, 0) is 0 Å². The topological polar surface area (TPSA) is 82.0 Å². The molecule has 0 saturated carbocycles. The second-order valence-corrected chi connectivity index (χ2v) is 5.33. The van der Waals surface area contributed by atoms with Gasteiger partial charge in [0.2, 0.25) is 0 Å². The summed E-state index contributed by atoms with van der Waals surface area (Å²) in [5.41, 5.74) is 2.00. The van der Waals surface area contributed by atoms with Crippen LogP contribution in [0.1, 0.15) is 46.0 Å². The van der Waals surface area contributed by atoms with Crippen LogP contribution in [0.2, 0.25) is 0 Å². The van der Waals surface area contributed by atoms with Crippen LogP contribution in [0.15, 0.2) is 48.5 Å². The molecule has 0 unspecified atom stereocenters. The quantitative estimate of drug-likeness (QED) is 0.801. The minimum atomic E-state index is -0.289. The molecule has 0 aliphatic heterocycles. The second kappa shape index (κ2) is 8.49. The van der Waals surface area contributed by atoms with Gasteiger partial charge in [-0.25, -0.2) is 0 Å². The Morgan fingerprint density at radius 1 is 1.04 bits per heavy atom. The summed E-state index contributed by atoms with van der Waals surface area (Å²) in [7, 11) is 0. The fraction of sp³-hybridized carbons (Fsp3) is 0.211. The highest BCUT2D eigenvalue weighted by atomic mass is 16.2. The first-order valence-corrected chi connectivity index (χ1v) is 7.84. The standard InChI is InChI=1S/C19H19N3O2/c1-2-3-11-21-18(23)15-7-9-16(10-8-15)19(24)22-17-6-4-5-14(12-17)13-20/h4-10,12H,2-3,11H2,1H3,(H,21,23)(H,22,24). The maximum absolute atomic E-state index is 12.2. The van der Waals surface area contributed by atoms with Gasteiger partial charge in [-0.05, 0) is 48.9 Å². The Labute approximate surface area is 141 Å². The van der Waals surface area contributed by atoms with Gasteiger partial charge in [0.15, 0.2) is 0 Å². The third-order valence-electron chi connectivity index (χ3n) is 3.47. The summed E-state index contributed by atoms with van der Waals surface area (Å²) >= 11 is 0. The molecule has 2 amide bonds. The molecule has 0 spiro atoms. The number of benzene rings is 2. The van der Waals surface area contributed by atoms with E-state index in [4.69, 9.17) is 5.26 Å². The zero-order valence-corrected chi connectivity index (χ0v) is 13.5. The Morgan fingerprint density at radius 2 is 1.71 bits per heavy atom. The normalized spacial score (nSPS) is 9.83. The Hall–Kier alpha value is -3.13. The Bertz CT molecular complexity index is 761. The van der Waals surface area contributed by atoms with Gasteiger partial charge in [-0.1, -0.05) is 19.4 Å². The molecule has 0 heterocycles. The number of hydrogen-bond donors (Lipinski definition) is 2. The molecule has 0 atom stereocenters. The predicted molar refractivity (Wildman–Crippen MR) is 92.8 cm³/mol. The summed E-state index contributed by atoms with van der Waals surface area (Å²) < 4.78 is 0. The van der Waals surface area contributed by atoms with Gasteiger partial charge >= 0.3 is 0 Å². The minimum absolute atomic E-state index is 0.142. The highest BCUT2D eigenvalue weighted by molar-refractivity contribution is 6.05. The first-order chi connectivity index (χ1) is 11.6. The van der Waals surface area contributed by atoms with Crippen molar-refractivity contribution >= 4 is 17.5 Å². The third-order valence-corrected chi connectivity index (χ3v) is 3.47. The summed E-state index contributed by atoms with van der Waals surface area (Å²) in [5, 5.41) is 14.4. The molecule has 2 N–H and O–H groups in total. The summed E-state index contributed by atoms with van der Waals surface area (Å²) in [4.78, 5) is 24.1. The average Bonchev–Trinajstić information content (AvgIpc) is 2.62. The lowest BCUT2D eigenvalue weighted by Crippen LogP contribution is -2.24. The van der Waals surface area contributed by atoms with Gasteiger partial charge in [0.05, 0.1) is 11.6 Å². The Balaban J connectivity index is 2.00. The fourth-order valence-corrected chi connectivity index (χ4v) is 2.12. The van der Waals surface area contributed by atoms with Crippen molar-refractivity contribution in [3.63, 3.8) is 0 Å². The molecule has 0 aliphatic carbocycles. The number of unbranched alkanes of at least 4 members (excludes halogenated alkanes) is 1. The molecule has 122 valence electrons. The van der Waals surface area contributed by atoms with E-state index in [1.54, 1.807) is 48.5 Å². The van der Waals surface area contributed by atoms with Gasteiger partial charge in [-0.15, -0.1) is 0 Å². The predicted octanol–water partition coefficient (Wildman–Crippen LogP) is 3.34. The lowest BCUT2D eigenvalue weighted by atomic mass is 10.1. The second-order valence-electron chi connectivity index (χ2n) is 5.33. The molecular weight excluding hydrogens is 302 g/mol. The molecule has 2 aromatic carbocycles. The van der Waals surface area contributed by atoms with Crippen LogP contribution in [0.5, 0.6) is 0 Å². The van der Waals surface area contributed by atoms with Crippen molar-refractivity contribution in [2.24, 2.45) is 0 Å². The largest absolute Gasteiger partial charge is 0.352 e. The number of carbonyl (C=O) groups excluding carboxylic acids is 2. The van der Waals surface area contributed by atoms with Gasteiger partial charge in [-0.2, -0.15) is 5.26 Å². The number of anilines is 1. The molecule has 0 aromatic heterocycles. The van der Waals surface area contributed by atoms with Crippen molar-refractivity contribution < 1.29 is 9.59 Å². The number of rotatable bonds is 6. The maximum Gasteiger partial charge on any atom is 0.255 e. The van der Waals surface area contributed by atoms with E-state index in [1.165, 1.54) is 0 Å². The van der Waals surface area contributed by atoms with Crippen molar-refractivity contribution in [1.82, 2.24) is 5.32 Å². The van der Waals surface area contributed by atoms with Crippen molar-refractivity contribution in [2.75, 3.05) is 11.9 Å². The van der Waals surface area contributed by atoms with Crippen molar-refractivity contribution in [1.29, 1.82) is 5.26 Å². The van der Waals surface area contributed by atoms with Crippen LogP contribution in [0.3, 0.4) is 0 Å². The van der Waals surface area contributed by atoms with Crippen LogP contribution in [0, 0.1) is 11.3 Å². The van der Waals surface area contributed by atoms with Gasteiger partial charge in [0.1, 0.15) is 0 Å². The zero-order valence-electron chi connectivity index (χ0n) is 13.5. The summed E-state index contributed by atoms with van der Waals surface area (Å²) in [6.07, 6.45) is 1.96. The lowest BCUT2D eigenvalue weighted by Gasteiger charge is -2.07. The average molecular weight is 321 g/mol. The molecule has 0 fully saturated rings. The Morgan fingerprint density at radius 3 is 2.33 bits per heavy atom. The van der Waals surface area contributed by atoms with Crippen LogP contribution in [0.25, 0.3) is 0 Å². The van der Waals surface area contributed by atoms with Gasteiger partial charge < -0.3 is 10.6 Å². The number of nitrogens with one attached hydrogen (secondary N) is 2. The highest BCUT2D eigenvalue weighted by Gasteiger charge is 2.09. The summed E-state index contributed by atoms with van der Waals surface area (Å²) in [6, 6.07) is 15.2. The Kier molecular flexibility index (Phi) is 6.09. The molecule has 0 bridgehead atoms. The van der Waals surface area contributed by atoms with E-state index in [0.717, 1.165) is 12.8 Å². The number of carbonyl (C=O) groups is 2. The van der Waals surface area contributed by atoms with E-state index >= 15 is 0 Å². The van der Waals surface area contributed by atoms with Crippen LogP contribution in [-0.4, -0.2) is 18.4 Å². The monoisotopic (exact) mass is 321 g/mol. The molecule has 2 aromatic rings. The van der Waals surface area contributed by atoms with Crippen LogP contribution < -0.4 is 10.6 Å². The molecule has 0 aliphatic rings. The fourth-order valence-electron chi connectivity index (χ4n) is 2.12. The SMILES string of the molecule is CCCCNC(=O)c1ccc(C(=O)Nc2cccc(C#N)c2)cc1. The van der Waals surface area contributed by atoms with E-state index in [9.17, 15) is 9.59 Å². The number of nitrogens with zero attached hydrogens (tertiary/aromatic N) is 1. The molecule has 0 saturated heterocycles. The third kappa shape index (κ3) is 4.68. The lowest BCUT2D eigenvalue weighted by molar-refractivity contribution is 0.0951. The summed E-state index contributed by atoms with van der Waals surface area (Å²) in [5.74, 6) is -0.430. The van der Waals surface area contributed by atoms with Crippen LogP contribution >= 0.6 is 0 Å². The van der Waals surface area contributed by atoms with E-state index < -0.39 is 0 Å². The van der Waals surface area contributed by atoms with E-state index in [1.807, 2.05) is 6.07 Å². The van der Waals surface area contributed by atoms with Gasteiger partial charge in [0, 0.05) is 23.4 Å². The number of amides is 2. The zero-order chi connectivity index (χ0) is 17.4. The molecule has 0 radical (unpaired) electrons. The van der Waals surface area contributed by atoms with Crippen molar-refractivity contribution in [3.8, 4) is 6.07 Å². The highest BCUT2D eigenvalue weighted by Crippen LogP contribution is 2.12. The molecular formula is C19H19N3O2. The number of hydrogen-bond acceptors (Lipinski definition) is 3. The van der Waals surface area contributed by atoms with Crippen molar-refractivity contribution in [2.45, 2.75) is 19.8 Å². The smallest absolute Gasteiger partial charge is 0.255 e. The first kappa shape index (κ1) is 17.2.